The van der Waals surface area contributed by atoms with Crippen molar-refractivity contribution in [2.24, 2.45) is 0 Å². The normalized spacial score (nSPS) is 17.2. The van der Waals surface area contributed by atoms with Crippen molar-refractivity contribution in [2.75, 3.05) is 37.0 Å². The number of likely N-dealkylation sites (tertiary alicyclic amines) is 1. The third kappa shape index (κ3) is 6.49. The van der Waals surface area contributed by atoms with Gasteiger partial charge >= 0.3 is 0 Å². The summed E-state index contributed by atoms with van der Waals surface area (Å²) in [5, 5.41) is 6.52. The van der Waals surface area contributed by atoms with Gasteiger partial charge in [0.15, 0.2) is 0 Å². The highest BCUT2D eigenvalue weighted by Crippen LogP contribution is 2.52. The lowest BCUT2D eigenvalue weighted by Gasteiger charge is -2.41. The zero-order chi connectivity index (χ0) is 37.8. The van der Waals surface area contributed by atoms with Gasteiger partial charge in [0, 0.05) is 76.3 Å². The molecule has 55 heavy (non-hydrogen) atoms. The second-order valence-electron chi connectivity index (χ2n) is 14.7. The molecule has 5 heterocycles. The van der Waals surface area contributed by atoms with Crippen molar-refractivity contribution in [1.29, 1.82) is 0 Å². The van der Waals surface area contributed by atoms with E-state index in [1.165, 1.54) is 0 Å². The van der Waals surface area contributed by atoms with Crippen LogP contribution in [0.25, 0.3) is 39.1 Å². The largest absolute Gasteiger partial charge is 0.380 e. The van der Waals surface area contributed by atoms with Gasteiger partial charge in [-0.25, -0.2) is 4.98 Å². The highest BCUT2D eigenvalue weighted by molar-refractivity contribution is 6.35. The van der Waals surface area contributed by atoms with Gasteiger partial charge in [0.1, 0.15) is 0 Å². The number of halogens is 3. The van der Waals surface area contributed by atoms with E-state index in [2.05, 4.69) is 61.6 Å². The number of amides is 1. The van der Waals surface area contributed by atoms with E-state index in [0.717, 1.165) is 112 Å². The summed E-state index contributed by atoms with van der Waals surface area (Å²) in [4.78, 5) is 26.1. The summed E-state index contributed by atoms with van der Waals surface area (Å²) in [6.07, 6.45) is 6.53. The number of H-pyrrole nitrogens is 1. The molecule has 1 atom stereocenters. The van der Waals surface area contributed by atoms with Crippen LogP contribution >= 0.6 is 34.8 Å². The van der Waals surface area contributed by atoms with Crippen LogP contribution in [0.15, 0.2) is 91.8 Å². The molecule has 0 spiro atoms. The zero-order valence-electron chi connectivity index (χ0n) is 30.5. The van der Waals surface area contributed by atoms with E-state index >= 15 is 0 Å². The predicted molar refractivity (Wildman–Crippen MR) is 224 cm³/mol. The zero-order valence-corrected chi connectivity index (χ0v) is 32.8. The molecule has 0 bridgehead atoms. The van der Waals surface area contributed by atoms with E-state index in [-0.39, 0.29) is 6.04 Å². The number of imidazole rings is 1. The molecule has 9 rings (SSSR count). The van der Waals surface area contributed by atoms with E-state index in [9.17, 15) is 4.79 Å². The van der Waals surface area contributed by atoms with Gasteiger partial charge in [-0.2, -0.15) is 0 Å². The molecule has 280 valence electrons. The fourth-order valence-electron chi connectivity index (χ4n) is 8.88. The van der Waals surface area contributed by atoms with Crippen LogP contribution in [0.2, 0.25) is 15.1 Å². The Morgan fingerprint density at radius 1 is 0.945 bits per heavy atom. The van der Waals surface area contributed by atoms with Crippen LogP contribution in [0.3, 0.4) is 0 Å². The van der Waals surface area contributed by atoms with E-state index in [1.807, 2.05) is 48.8 Å². The third-order valence-electron chi connectivity index (χ3n) is 11.4. The lowest BCUT2D eigenvalue weighted by atomic mass is 9.87. The van der Waals surface area contributed by atoms with Crippen LogP contribution in [-0.2, 0) is 16.1 Å². The Balaban J connectivity index is 1.14. The number of benzene rings is 4. The number of ether oxygens (including phenoxy) is 1. The molecule has 0 unspecified atom stereocenters. The number of hydrogen-bond donors (Lipinski definition) is 2. The number of carbonyl (C=O) groups excluding carboxylic acids is 1. The van der Waals surface area contributed by atoms with Gasteiger partial charge < -0.3 is 29.4 Å². The van der Waals surface area contributed by atoms with Gasteiger partial charge in [0.05, 0.1) is 53.1 Å². The van der Waals surface area contributed by atoms with Crippen molar-refractivity contribution >= 4 is 68.7 Å². The molecule has 2 aromatic heterocycles. The summed E-state index contributed by atoms with van der Waals surface area (Å²) in [5.41, 5.74) is 11.2. The lowest BCUT2D eigenvalue weighted by Crippen LogP contribution is -2.49. The minimum absolute atomic E-state index is 0.291. The van der Waals surface area contributed by atoms with Crippen molar-refractivity contribution < 1.29 is 9.53 Å². The Bertz CT molecular complexity index is 2450. The number of carbonyl (C=O) groups is 1. The molecule has 0 aliphatic carbocycles. The van der Waals surface area contributed by atoms with Crippen LogP contribution in [0.5, 0.6) is 0 Å². The maximum atomic E-state index is 12.7. The maximum absolute atomic E-state index is 12.7. The van der Waals surface area contributed by atoms with Gasteiger partial charge in [0.2, 0.25) is 5.91 Å². The quantitative estimate of drug-likeness (QED) is 0.152. The average molecular weight is 792 g/mol. The first-order valence-electron chi connectivity index (χ1n) is 18.8. The molecular weight excluding hydrogens is 751 g/mol. The molecule has 3 aliphatic rings. The smallest absolute Gasteiger partial charge is 0.222 e. The summed E-state index contributed by atoms with van der Waals surface area (Å²) in [7, 11) is 1.71. The van der Waals surface area contributed by atoms with Gasteiger partial charge in [-0.3, -0.25) is 4.79 Å². The summed E-state index contributed by atoms with van der Waals surface area (Å²) < 4.78 is 7.75. The van der Waals surface area contributed by atoms with Gasteiger partial charge in [-0.15, -0.1) is 0 Å². The minimum atomic E-state index is -0.316. The number of aromatic amines is 1. The van der Waals surface area contributed by atoms with E-state index in [0.29, 0.717) is 45.7 Å². The number of piperidine rings is 2. The van der Waals surface area contributed by atoms with Crippen molar-refractivity contribution in [3.8, 4) is 22.5 Å². The van der Waals surface area contributed by atoms with Crippen LogP contribution in [-0.4, -0.2) is 58.1 Å². The van der Waals surface area contributed by atoms with E-state index in [4.69, 9.17) is 44.5 Å². The van der Waals surface area contributed by atoms with Crippen molar-refractivity contribution in [2.45, 2.75) is 50.8 Å². The number of methoxy groups -OCH3 is 1. The fraction of sp³-hybridized carbons (Fsp3) is 0.273. The lowest BCUT2D eigenvalue weighted by molar-refractivity contribution is -0.136. The molecule has 0 saturated carbocycles. The Hall–Kier alpha value is -4.73. The molecule has 4 aromatic carbocycles. The first-order chi connectivity index (χ1) is 26.8. The average Bonchev–Trinajstić information content (AvgIpc) is 3.79. The molecule has 2 fully saturated rings. The standard InChI is InChI=1S/C44H41Cl3N6O2/c1-26(49-35-20-27(24-55-2)11-14-37(35)51-18-15-31(16-19-51)52-17-7-6-10-38(52)54)41-40-39-33(21-30(46)23-36(39)50-41)43(32-13-12-29(45)22-34(32)47)53-25-48-42(44(40)53)28-8-4-3-5-9-28/h3-5,8-9,11-14,20-23,25,31,43,49-50H,1,6-7,10,15-19,24H2,2H3/t43-/m1/s1. The SMILES string of the molecule is C=C(Nc1cc(COC)ccc1N1CCC(N2CCCCC2=O)CC1)c1[nH]c2cc(Cl)cc3c2c1-c1c(-c2ccccc2)ncn1[C@@H]3c1ccc(Cl)cc1Cl. The topological polar surface area (TPSA) is 78.4 Å². The van der Waals surface area contributed by atoms with Crippen molar-refractivity contribution in [1.82, 2.24) is 19.4 Å². The molecule has 0 radical (unpaired) electrons. The van der Waals surface area contributed by atoms with Crippen LogP contribution in [0.4, 0.5) is 11.4 Å². The van der Waals surface area contributed by atoms with Crippen molar-refractivity contribution in [3.63, 3.8) is 0 Å². The molecule has 6 aromatic rings. The third-order valence-corrected chi connectivity index (χ3v) is 12.1. The van der Waals surface area contributed by atoms with E-state index in [1.54, 1.807) is 13.2 Å². The van der Waals surface area contributed by atoms with Crippen LogP contribution in [0, 0.1) is 0 Å². The molecular formula is C44H41Cl3N6O2. The van der Waals surface area contributed by atoms with Gasteiger partial charge in [-0.05, 0) is 78.8 Å². The first kappa shape index (κ1) is 35.9. The number of nitrogens with zero attached hydrogens (tertiary/aromatic N) is 4. The molecule has 2 N–H and O–H groups in total. The Morgan fingerprint density at radius 2 is 1.76 bits per heavy atom. The number of hydrogen-bond acceptors (Lipinski definition) is 5. The van der Waals surface area contributed by atoms with Gasteiger partial charge in [0.25, 0.3) is 0 Å². The summed E-state index contributed by atoms with van der Waals surface area (Å²) in [6, 6.07) is 26.3. The highest BCUT2D eigenvalue weighted by Gasteiger charge is 2.36. The van der Waals surface area contributed by atoms with Gasteiger partial charge in [-0.1, -0.05) is 83.8 Å². The number of rotatable bonds is 9. The molecule has 8 nitrogen and oxygen atoms in total. The Labute approximate surface area is 335 Å². The predicted octanol–water partition coefficient (Wildman–Crippen LogP) is 10.8. The fourth-order valence-corrected chi connectivity index (χ4v) is 9.62. The molecule has 11 heteroatoms. The number of aromatic nitrogens is 3. The second kappa shape index (κ2) is 14.7. The number of fused-ring (bicyclic) bond motifs is 2. The number of anilines is 2. The van der Waals surface area contributed by atoms with E-state index < -0.39 is 0 Å². The Kier molecular flexibility index (Phi) is 9.63. The summed E-state index contributed by atoms with van der Waals surface area (Å²) >= 11 is 20.2. The Morgan fingerprint density at radius 3 is 2.53 bits per heavy atom. The summed E-state index contributed by atoms with van der Waals surface area (Å²) in [6.45, 7) is 7.73. The highest BCUT2D eigenvalue weighted by atomic mass is 35.5. The second-order valence-corrected chi connectivity index (χ2v) is 16.0. The number of nitrogens with one attached hydrogen (secondary N) is 2. The maximum Gasteiger partial charge on any atom is 0.222 e. The molecule has 1 amide bonds. The monoisotopic (exact) mass is 790 g/mol. The van der Waals surface area contributed by atoms with Crippen molar-refractivity contribution in [3.05, 3.63) is 129 Å². The van der Waals surface area contributed by atoms with Crippen LogP contribution in [0.1, 0.15) is 60.5 Å². The molecule has 2 saturated heterocycles. The first-order valence-corrected chi connectivity index (χ1v) is 20.0. The minimum Gasteiger partial charge on any atom is -0.380 e. The molecule has 3 aliphatic heterocycles. The van der Waals surface area contributed by atoms with Crippen LogP contribution < -0.4 is 10.2 Å². The summed E-state index contributed by atoms with van der Waals surface area (Å²) in [5.74, 6) is 0.304.